The first kappa shape index (κ1) is 28.5. The predicted octanol–water partition coefficient (Wildman–Crippen LogP) is 2.54. The number of hydrogen-bond acceptors (Lipinski definition) is 9. The van der Waals surface area contributed by atoms with Gasteiger partial charge in [0, 0.05) is 17.2 Å². The van der Waals surface area contributed by atoms with E-state index in [0.717, 1.165) is 11.8 Å². The second-order valence-corrected chi connectivity index (χ2v) is 11.1. The van der Waals surface area contributed by atoms with E-state index in [1.807, 2.05) is 30.3 Å². The van der Waals surface area contributed by atoms with Gasteiger partial charge in [-0.05, 0) is 35.4 Å². The Labute approximate surface area is 226 Å². The van der Waals surface area contributed by atoms with Gasteiger partial charge in [-0.3, -0.25) is 4.72 Å². The highest BCUT2D eigenvalue weighted by atomic mass is 32.2. The van der Waals surface area contributed by atoms with E-state index < -0.39 is 53.1 Å². The molecule has 0 radical (unpaired) electrons. The monoisotopic (exact) mass is 557 g/mol. The molecule has 4 N–H and O–H groups in total. The Kier molecular flexibility index (Phi) is 8.88. The van der Waals surface area contributed by atoms with E-state index in [1.165, 1.54) is 0 Å². The smallest absolute Gasteiger partial charge is 0.339 e. The Morgan fingerprint density at radius 1 is 1.00 bits per heavy atom. The van der Waals surface area contributed by atoms with Crippen LogP contribution in [0.4, 0.5) is 5.69 Å². The van der Waals surface area contributed by atoms with Gasteiger partial charge in [-0.25, -0.2) is 13.2 Å². The topological polar surface area (TPSA) is 152 Å². The summed E-state index contributed by atoms with van der Waals surface area (Å²) in [5, 5.41) is 30.3. The normalized spacial score (nSPS) is 23.2. The molecule has 10 nitrogen and oxygen atoms in total. The van der Waals surface area contributed by atoms with Gasteiger partial charge in [0.05, 0.1) is 24.5 Å². The van der Waals surface area contributed by atoms with Crippen molar-refractivity contribution in [3.05, 3.63) is 83.9 Å². The van der Waals surface area contributed by atoms with Crippen molar-refractivity contribution in [3.63, 3.8) is 0 Å². The van der Waals surface area contributed by atoms with Crippen LogP contribution in [0.2, 0.25) is 0 Å². The largest absolute Gasteiger partial charge is 0.464 e. The summed E-state index contributed by atoms with van der Waals surface area (Å²) < 4.78 is 43.5. The molecule has 39 heavy (non-hydrogen) atoms. The molecular formula is C28H31NO9S. The Hall–Kier alpha value is -3.48. The molecule has 11 heteroatoms. The maximum absolute atomic E-state index is 13.3. The maximum Gasteiger partial charge on any atom is 0.339 e. The standard InChI is InChI=1S/C28H31NO9S/c1-17-25(31)26(32)23(15-30)38-28(17)37-22-13-7-12-21(27(33)36-16-18-8-4-3-5-9-18)24(22)19-10-6-11-20(14-19)29-39(2,34)35/h3-14,17,23,25-26,28-32H,15-16H2,1-2H3/t17?,23?,25-,26+,28-/m1/s1. The zero-order chi connectivity index (χ0) is 28.2. The van der Waals surface area contributed by atoms with Gasteiger partial charge in [-0.2, -0.15) is 0 Å². The summed E-state index contributed by atoms with van der Waals surface area (Å²) >= 11 is 0. The van der Waals surface area contributed by atoms with Crippen molar-refractivity contribution in [1.29, 1.82) is 0 Å². The summed E-state index contributed by atoms with van der Waals surface area (Å²) in [6, 6.07) is 20.4. The molecule has 3 aromatic rings. The number of rotatable bonds is 9. The van der Waals surface area contributed by atoms with Crippen LogP contribution >= 0.6 is 0 Å². The van der Waals surface area contributed by atoms with Crippen LogP contribution < -0.4 is 9.46 Å². The van der Waals surface area contributed by atoms with Crippen molar-refractivity contribution in [2.45, 2.75) is 38.1 Å². The quantitative estimate of drug-likeness (QED) is 0.291. The molecule has 1 aliphatic rings. The lowest BCUT2D eigenvalue weighted by atomic mass is 9.92. The van der Waals surface area contributed by atoms with Crippen molar-refractivity contribution in [2.24, 2.45) is 5.92 Å². The fourth-order valence-corrected chi connectivity index (χ4v) is 4.89. The summed E-state index contributed by atoms with van der Waals surface area (Å²) in [4.78, 5) is 13.3. The predicted molar refractivity (Wildman–Crippen MR) is 143 cm³/mol. The molecule has 0 amide bonds. The lowest BCUT2D eigenvalue weighted by Crippen LogP contribution is -2.56. The molecule has 0 spiro atoms. The van der Waals surface area contributed by atoms with Gasteiger partial charge < -0.3 is 29.5 Å². The molecule has 0 saturated carbocycles. The highest BCUT2D eigenvalue weighted by molar-refractivity contribution is 7.92. The maximum atomic E-state index is 13.3. The van der Waals surface area contributed by atoms with Gasteiger partial charge >= 0.3 is 5.97 Å². The summed E-state index contributed by atoms with van der Waals surface area (Å²) in [7, 11) is -3.57. The zero-order valence-electron chi connectivity index (χ0n) is 21.4. The number of hydrogen-bond donors (Lipinski definition) is 4. The van der Waals surface area contributed by atoms with Crippen LogP contribution in [0.15, 0.2) is 72.8 Å². The third-order valence-electron chi connectivity index (χ3n) is 6.34. The number of nitrogens with one attached hydrogen (secondary N) is 1. The highest BCUT2D eigenvalue weighted by Crippen LogP contribution is 2.38. The minimum Gasteiger partial charge on any atom is -0.464 e. The van der Waals surface area contributed by atoms with E-state index in [0.29, 0.717) is 11.1 Å². The second kappa shape index (κ2) is 12.1. The van der Waals surface area contributed by atoms with Crippen LogP contribution in [-0.2, 0) is 26.1 Å². The molecule has 3 aromatic carbocycles. The number of anilines is 1. The Morgan fingerprint density at radius 3 is 2.41 bits per heavy atom. The summed E-state index contributed by atoms with van der Waals surface area (Å²) in [5.41, 5.74) is 1.99. The van der Waals surface area contributed by atoms with Gasteiger partial charge in [0.1, 0.15) is 24.6 Å². The second-order valence-electron chi connectivity index (χ2n) is 9.38. The third kappa shape index (κ3) is 6.94. The van der Waals surface area contributed by atoms with Crippen molar-refractivity contribution in [3.8, 4) is 16.9 Å². The summed E-state index contributed by atoms with van der Waals surface area (Å²) in [6.45, 7) is 1.12. The molecule has 1 fully saturated rings. The summed E-state index contributed by atoms with van der Waals surface area (Å²) in [5.74, 6) is -1.14. The van der Waals surface area contributed by atoms with Crippen LogP contribution in [-0.4, -0.2) is 67.2 Å². The van der Waals surface area contributed by atoms with Gasteiger partial charge in [0.2, 0.25) is 16.3 Å². The molecule has 1 aliphatic heterocycles. The van der Waals surface area contributed by atoms with Gasteiger partial charge in [-0.15, -0.1) is 0 Å². The molecule has 0 aromatic heterocycles. The lowest BCUT2D eigenvalue weighted by Gasteiger charge is -2.40. The fourth-order valence-electron chi connectivity index (χ4n) is 4.33. The minimum absolute atomic E-state index is 0.0326. The number of ether oxygens (including phenoxy) is 3. The molecule has 1 heterocycles. The van der Waals surface area contributed by atoms with E-state index >= 15 is 0 Å². The van der Waals surface area contributed by atoms with Crippen molar-refractivity contribution >= 4 is 21.7 Å². The Bertz CT molecular complexity index is 1400. The van der Waals surface area contributed by atoms with Crippen molar-refractivity contribution in [2.75, 3.05) is 17.6 Å². The van der Waals surface area contributed by atoms with Gasteiger partial charge in [-0.1, -0.05) is 55.5 Å². The van der Waals surface area contributed by atoms with Crippen LogP contribution in [0.25, 0.3) is 11.1 Å². The number of sulfonamides is 1. The molecule has 4 rings (SSSR count). The van der Waals surface area contributed by atoms with E-state index in [-0.39, 0.29) is 23.6 Å². The number of esters is 1. The Morgan fingerprint density at radius 2 is 1.72 bits per heavy atom. The summed E-state index contributed by atoms with van der Waals surface area (Å²) in [6.07, 6.45) is -3.66. The number of aliphatic hydroxyl groups excluding tert-OH is 3. The molecule has 208 valence electrons. The first-order valence-corrected chi connectivity index (χ1v) is 14.2. The van der Waals surface area contributed by atoms with E-state index in [1.54, 1.807) is 49.4 Å². The van der Waals surface area contributed by atoms with E-state index in [9.17, 15) is 28.5 Å². The zero-order valence-corrected chi connectivity index (χ0v) is 22.2. The first-order valence-electron chi connectivity index (χ1n) is 12.3. The molecule has 1 saturated heterocycles. The highest BCUT2D eigenvalue weighted by Gasteiger charge is 2.43. The van der Waals surface area contributed by atoms with Gasteiger partial charge in [0.15, 0.2) is 0 Å². The number of aliphatic hydroxyl groups is 3. The van der Waals surface area contributed by atoms with Crippen LogP contribution in [0.1, 0.15) is 22.8 Å². The van der Waals surface area contributed by atoms with Gasteiger partial charge in [0.25, 0.3) is 0 Å². The van der Waals surface area contributed by atoms with Crippen molar-refractivity contribution in [1.82, 2.24) is 0 Å². The SMILES string of the molecule is CC1[C@H](Oc2cccc(C(=O)OCc3ccccc3)c2-c2cccc(NS(C)(=O)=O)c2)OC(CO)[C@H](O)[C@@H]1O. The minimum atomic E-state index is -3.57. The fraction of sp³-hybridized carbons (Fsp3) is 0.321. The number of carbonyl (C=O) groups excluding carboxylic acids is 1. The van der Waals surface area contributed by atoms with E-state index in [2.05, 4.69) is 4.72 Å². The molecular weight excluding hydrogens is 526 g/mol. The average Bonchev–Trinajstić information content (AvgIpc) is 2.91. The molecule has 0 aliphatic carbocycles. The lowest BCUT2D eigenvalue weighted by molar-refractivity contribution is -0.256. The molecule has 0 bridgehead atoms. The number of benzene rings is 3. The van der Waals surface area contributed by atoms with Crippen LogP contribution in [0.5, 0.6) is 5.75 Å². The number of carbonyl (C=O) groups is 1. The van der Waals surface area contributed by atoms with Crippen LogP contribution in [0.3, 0.4) is 0 Å². The van der Waals surface area contributed by atoms with Crippen LogP contribution in [0, 0.1) is 5.92 Å². The van der Waals surface area contributed by atoms with Crippen molar-refractivity contribution < 1.29 is 42.7 Å². The molecule has 5 atom stereocenters. The average molecular weight is 558 g/mol. The first-order chi connectivity index (χ1) is 18.6. The Balaban J connectivity index is 1.74. The third-order valence-corrected chi connectivity index (χ3v) is 6.95. The molecule has 2 unspecified atom stereocenters. The van der Waals surface area contributed by atoms with E-state index in [4.69, 9.17) is 14.2 Å².